The minimum absolute atomic E-state index is 0.0612. The number of amides is 1. The van der Waals surface area contributed by atoms with Gasteiger partial charge in [0.1, 0.15) is 12.4 Å². The minimum Gasteiger partial charge on any atom is -0.444 e. The number of nitrogens with one attached hydrogen (secondary N) is 1. The highest BCUT2D eigenvalue weighted by Gasteiger charge is 2.29. The van der Waals surface area contributed by atoms with Crippen molar-refractivity contribution < 1.29 is 23.7 Å². The van der Waals surface area contributed by atoms with Crippen LogP contribution in [0, 0.1) is 5.92 Å². The smallest absolute Gasteiger partial charge is 0.407 e. The summed E-state index contributed by atoms with van der Waals surface area (Å²) in [5, 5.41) is 3.09. The molecule has 1 rings (SSSR count). The standard InChI is InChI=1S/C21H41NO5/c1-6-10-19(26-16-25-14-13-24-5)18(15-17-11-8-7-9-12-17)22-20(23)27-21(2,3)4/h17-19H,6-16H2,1-5H3,(H,22,23). The van der Waals surface area contributed by atoms with Gasteiger partial charge in [0, 0.05) is 7.11 Å². The van der Waals surface area contributed by atoms with E-state index in [2.05, 4.69) is 12.2 Å². The lowest BCUT2D eigenvalue weighted by molar-refractivity contribution is -0.110. The summed E-state index contributed by atoms with van der Waals surface area (Å²) in [5.74, 6) is 0.635. The first-order valence-electron chi connectivity index (χ1n) is 10.5. The Kier molecular flexibility index (Phi) is 12.0. The summed E-state index contributed by atoms with van der Waals surface area (Å²) in [5.41, 5.74) is -0.510. The lowest BCUT2D eigenvalue weighted by atomic mass is 9.83. The van der Waals surface area contributed by atoms with Crippen LogP contribution in [0.2, 0.25) is 0 Å². The molecule has 0 spiro atoms. The Labute approximate surface area is 165 Å². The molecular weight excluding hydrogens is 346 g/mol. The van der Waals surface area contributed by atoms with E-state index in [-0.39, 0.29) is 25.0 Å². The van der Waals surface area contributed by atoms with Crippen LogP contribution in [0.25, 0.3) is 0 Å². The first-order valence-corrected chi connectivity index (χ1v) is 10.5. The first-order chi connectivity index (χ1) is 12.9. The molecule has 1 aliphatic rings. The summed E-state index contributed by atoms with van der Waals surface area (Å²) in [7, 11) is 1.65. The second kappa shape index (κ2) is 13.3. The van der Waals surface area contributed by atoms with Gasteiger partial charge in [0.15, 0.2) is 0 Å². The highest BCUT2D eigenvalue weighted by molar-refractivity contribution is 5.68. The Bertz CT molecular complexity index is 391. The van der Waals surface area contributed by atoms with Gasteiger partial charge in [0.25, 0.3) is 0 Å². The van der Waals surface area contributed by atoms with Crippen molar-refractivity contribution in [1.29, 1.82) is 0 Å². The van der Waals surface area contributed by atoms with Gasteiger partial charge < -0.3 is 24.3 Å². The normalized spacial score (nSPS) is 18.1. The maximum atomic E-state index is 12.4. The number of alkyl carbamates (subject to hydrolysis) is 1. The maximum absolute atomic E-state index is 12.4. The SMILES string of the molecule is CCCC(OCOCCOC)C(CC1CCCCC1)NC(=O)OC(C)(C)C. The summed E-state index contributed by atoms with van der Waals surface area (Å²) in [6, 6.07) is -0.0612. The van der Waals surface area contributed by atoms with Crippen molar-refractivity contribution in [1.82, 2.24) is 5.32 Å². The molecule has 0 aliphatic heterocycles. The maximum Gasteiger partial charge on any atom is 0.407 e. The van der Waals surface area contributed by atoms with Crippen LogP contribution >= 0.6 is 0 Å². The number of methoxy groups -OCH3 is 1. The Morgan fingerprint density at radius 1 is 1.15 bits per heavy atom. The fourth-order valence-electron chi connectivity index (χ4n) is 3.57. The zero-order chi connectivity index (χ0) is 20.1. The molecule has 0 saturated heterocycles. The van der Waals surface area contributed by atoms with Gasteiger partial charge >= 0.3 is 6.09 Å². The van der Waals surface area contributed by atoms with Crippen LogP contribution in [0.15, 0.2) is 0 Å². The largest absolute Gasteiger partial charge is 0.444 e. The highest BCUT2D eigenvalue weighted by Crippen LogP contribution is 2.29. The molecule has 0 bridgehead atoms. The Morgan fingerprint density at radius 3 is 2.44 bits per heavy atom. The highest BCUT2D eigenvalue weighted by atomic mass is 16.7. The molecule has 6 nitrogen and oxygen atoms in total. The molecule has 160 valence electrons. The van der Waals surface area contributed by atoms with Crippen molar-refractivity contribution in [2.45, 2.75) is 96.8 Å². The van der Waals surface area contributed by atoms with Crippen molar-refractivity contribution in [2.75, 3.05) is 27.1 Å². The van der Waals surface area contributed by atoms with E-state index < -0.39 is 5.60 Å². The fraction of sp³-hybridized carbons (Fsp3) is 0.952. The first kappa shape index (κ1) is 24.2. The van der Waals surface area contributed by atoms with Gasteiger partial charge in [-0.25, -0.2) is 4.79 Å². The van der Waals surface area contributed by atoms with Gasteiger partial charge in [-0.15, -0.1) is 0 Å². The van der Waals surface area contributed by atoms with Gasteiger partial charge in [-0.2, -0.15) is 0 Å². The lowest BCUT2D eigenvalue weighted by Crippen LogP contribution is -2.47. The van der Waals surface area contributed by atoms with Crippen molar-refractivity contribution in [3.8, 4) is 0 Å². The van der Waals surface area contributed by atoms with Gasteiger partial charge in [0.2, 0.25) is 0 Å². The molecule has 0 heterocycles. The minimum atomic E-state index is -0.510. The fourth-order valence-corrected chi connectivity index (χ4v) is 3.57. The van der Waals surface area contributed by atoms with E-state index in [1.807, 2.05) is 20.8 Å². The summed E-state index contributed by atoms with van der Waals surface area (Å²) >= 11 is 0. The van der Waals surface area contributed by atoms with Crippen LogP contribution in [0.5, 0.6) is 0 Å². The zero-order valence-corrected chi connectivity index (χ0v) is 18.1. The van der Waals surface area contributed by atoms with Crippen LogP contribution in [0.1, 0.15) is 79.1 Å². The predicted octanol–water partition coefficient (Wildman–Crippen LogP) is 4.66. The number of hydrogen-bond donors (Lipinski definition) is 1. The predicted molar refractivity (Wildman–Crippen MR) is 107 cm³/mol. The van der Waals surface area contributed by atoms with E-state index in [1.54, 1.807) is 7.11 Å². The van der Waals surface area contributed by atoms with E-state index in [4.69, 9.17) is 18.9 Å². The van der Waals surface area contributed by atoms with E-state index in [1.165, 1.54) is 32.1 Å². The zero-order valence-electron chi connectivity index (χ0n) is 18.1. The summed E-state index contributed by atoms with van der Waals surface area (Å²) in [6.07, 6.45) is 8.70. The van der Waals surface area contributed by atoms with Crippen molar-refractivity contribution in [2.24, 2.45) is 5.92 Å². The Morgan fingerprint density at radius 2 is 1.85 bits per heavy atom. The van der Waals surface area contributed by atoms with Crippen LogP contribution in [0.4, 0.5) is 4.79 Å². The average molecular weight is 388 g/mol. The number of rotatable bonds is 12. The molecule has 0 radical (unpaired) electrons. The van der Waals surface area contributed by atoms with Crippen molar-refractivity contribution >= 4 is 6.09 Å². The van der Waals surface area contributed by atoms with Crippen LogP contribution in [-0.4, -0.2) is 51.0 Å². The van der Waals surface area contributed by atoms with Gasteiger partial charge in [-0.05, 0) is 39.5 Å². The number of ether oxygens (including phenoxy) is 4. The molecule has 2 atom stereocenters. The van der Waals surface area contributed by atoms with Crippen LogP contribution in [0.3, 0.4) is 0 Å². The molecule has 1 saturated carbocycles. The number of carbonyl (C=O) groups excluding carboxylic acids is 1. The lowest BCUT2D eigenvalue weighted by Gasteiger charge is -2.33. The summed E-state index contributed by atoms with van der Waals surface area (Å²) in [6.45, 7) is 9.04. The second-order valence-corrected chi connectivity index (χ2v) is 8.51. The topological polar surface area (TPSA) is 66.0 Å². The van der Waals surface area contributed by atoms with E-state index in [9.17, 15) is 4.79 Å². The average Bonchev–Trinajstić information content (AvgIpc) is 2.59. The molecule has 1 amide bonds. The van der Waals surface area contributed by atoms with Crippen molar-refractivity contribution in [3.05, 3.63) is 0 Å². The molecule has 1 N–H and O–H groups in total. The number of hydrogen-bond acceptors (Lipinski definition) is 5. The molecular formula is C21H41NO5. The van der Waals surface area contributed by atoms with Crippen molar-refractivity contribution in [3.63, 3.8) is 0 Å². The molecule has 0 aromatic heterocycles. The third-order valence-electron chi connectivity index (χ3n) is 4.83. The molecule has 6 heteroatoms. The van der Waals surface area contributed by atoms with Gasteiger partial charge in [-0.3, -0.25) is 0 Å². The summed E-state index contributed by atoms with van der Waals surface area (Å²) < 4.78 is 22.0. The molecule has 1 fully saturated rings. The number of carbonyl (C=O) groups is 1. The third-order valence-corrected chi connectivity index (χ3v) is 4.83. The van der Waals surface area contributed by atoms with Crippen LogP contribution < -0.4 is 5.32 Å². The van der Waals surface area contributed by atoms with Crippen LogP contribution in [-0.2, 0) is 18.9 Å². The monoisotopic (exact) mass is 387 g/mol. The molecule has 0 aromatic carbocycles. The summed E-state index contributed by atoms with van der Waals surface area (Å²) in [4.78, 5) is 12.4. The second-order valence-electron chi connectivity index (χ2n) is 8.51. The Balaban J connectivity index is 2.68. The molecule has 1 aliphatic carbocycles. The quantitative estimate of drug-likeness (QED) is 0.390. The van der Waals surface area contributed by atoms with E-state index >= 15 is 0 Å². The van der Waals surface area contributed by atoms with Gasteiger partial charge in [-0.1, -0.05) is 45.4 Å². The Hall–Kier alpha value is -0.850. The van der Waals surface area contributed by atoms with E-state index in [0.29, 0.717) is 19.1 Å². The van der Waals surface area contributed by atoms with E-state index in [0.717, 1.165) is 19.3 Å². The van der Waals surface area contributed by atoms with Gasteiger partial charge in [0.05, 0.1) is 25.4 Å². The molecule has 27 heavy (non-hydrogen) atoms. The molecule has 0 aromatic rings. The third kappa shape index (κ3) is 11.6. The molecule has 2 unspecified atom stereocenters.